The van der Waals surface area contributed by atoms with E-state index in [-0.39, 0.29) is 26.0 Å². The van der Waals surface area contributed by atoms with Gasteiger partial charge in [0.2, 0.25) is 11.7 Å². The lowest BCUT2D eigenvalue weighted by Gasteiger charge is -2.34. The molecule has 0 saturated carbocycles. The van der Waals surface area contributed by atoms with Gasteiger partial charge >= 0.3 is 0 Å². The van der Waals surface area contributed by atoms with E-state index in [1.165, 1.54) is 0 Å². The molecule has 6 rings (SSSR count). The second-order valence-electron chi connectivity index (χ2n) is 10.1. The predicted molar refractivity (Wildman–Crippen MR) is 153 cm³/mol. The Bertz CT molecular complexity index is 1610. The molecule has 11 nitrogen and oxygen atoms in total. The Morgan fingerprint density at radius 1 is 1.10 bits per heavy atom. The van der Waals surface area contributed by atoms with Crippen LogP contribution in [-0.2, 0) is 20.9 Å². The van der Waals surface area contributed by atoms with Crippen molar-refractivity contribution in [3.63, 3.8) is 0 Å². The van der Waals surface area contributed by atoms with Crippen molar-refractivity contribution in [1.82, 2.24) is 34.6 Å². The van der Waals surface area contributed by atoms with Gasteiger partial charge in [-0.3, -0.25) is 19.6 Å². The summed E-state index contributed by atoms with van der Waals surface area (Å²) in [6.45, 7) is 8.11. The van der Waals surface area contributed by atoms with E-state index in [2.05, 4.69) is 44.1 Å². The fraction of sp³-hybridized carbons (Fsp3) is 0.414. The number of morpholine rings is 1. The van der Waals surface area contributed by atoms with E-state index in [9.17, 15) is 9.59 Å². The van der Waals surface area contributed by atoms with E-state index in [1.54, 1.807) is 6.92 Å². The topological polar surface area (TPSA) is 112 Å². The number of benzene rings is 1. The molecule has 11 heteroatoms. The van der Waals surface area contributed by atoms with Crippen molar-refractivity contribution in [3.05, 3.63) is 42.2 Å². The van der Waals surface area contributed by atoms with Crippen LogP contribution in [0.3, 0.4) is 0 Å². The molecule has 5 heterocycles. The lowest BCUT2D eigenvalue weighted by molar-refractivity contribution is -0.134. The normalized spacial score (nSPS) is 16.3. The average molecular weight is 543 g/mol. The summed E-state index contributed by atoms with van der Waals surface area (Å²) in [5, 5.41) is 13.1. The van der Waals surface area contributed by atoms with Gasteiger partial charge in [-0.05, 0) is 30.5 Å². The Hall–Kier alpha value is -4.27. The van der Waals surface area contributed by atoms with Gasteiger partial charge in [0.15, 0.2) is 11.6 Å². The van der Waals surface area contributed by atoms with Crippen molar-refractivity contribution in [2.75, 3.05) is 57.4 Å². The number of hydrogen-bond acceptors (Lipinski definition) is 8. The number of nitrogens with zero attached hydrogens (tertiary/aromatic N) is 7. The first kappa shape index (κ1) is 26.0. The molecule has 2 aliphatic rings. The fourth-order valence-electron chi connectivity index (χ4n) is 5.40. The lowest BCUT2D eigenvalue weighted by Crippen LogP contribution is -2.48. The van der Waals surface area contributed by atoms with Crippen molar-refractivity contribution in [2.24, 2.45) is 0 Å². The number of ether oxygens (including phenoxy) is 1. The molecule has 0 aliphatic carbocycles. The number of aromatic nitrogens is 5. The summed E-state index contributed by atoms with van der Waals surface area (Å²) in [7, 11) is 0. The van der Waals surface area contributed by atoms with E-state index in [0.717, 1.165) is 66.1 Å². The number of fused-ring (bicyclic) bond motifs is 2. The third-order valence-electron chi connectivity index (χ3n) is 7.50. The number of amides is 1. The molecule has 2 aliphatic heterocycles. The number of H-pyrrole nitrogens is 1. The highest BCUT2D eigenvalue weighted by atomic mass is 16.5. The summed E-state index contributed by atoms with van der Waals surface area (Å²) in [4.78, 5) is 35.7. The Balaban J connectivity index is 0.00000337. The van der Waals surface area contributed by atoms with Crippen molar-refractivity contribution < 1.29 is 15.8 Å². The third-order valence-corrected chi connectivity index (χ3v) is 7.50. The molecule has 2 fully saturated rings. The van der Waals surface area contributed by atoms with E-state index >= 15 is 0 Å². The van der Waals surface area contributed by atoms with Gasteiger partial charge in [-0.1, -0.05) is 18.1 Å². The molecule has 208 valence electrons. The Labute approximate surface area is 233 Å². The molecular formula is C29H34N8O3. The Kier molecular flexibility index (Phi) is 7.44. The molecule has 0 unspecified atom stereocenters. The summed E-state index contributed by atoms with van der Waals surface area (Å²) in [5.74, 6) is 6.49. The molecule has 0 spiro atoms. The predicted octanol–water partition coefficient (Wildman–Crippen LogP) is 2.37. The highest BCUT2D eigenvalue weighted by Gasteiger charge is 2.24. The van der Waals surface area contributed by atoms with E-state index in [1.807, 2.05) is 33.8 Å². The zero-order valence-corrected chi connectivity index (χ0v) is 22.6. The van der Waals surface area contributed by atoms with Crippen LogP contribution < -0.4 is 4.90 Å². The van der Waals surface area contributed by atoms with Crippen molar-refractivity contribution in [1.29, 1.82) is 0 Å². The van der Waals surface area contributed by atoms with Crippen LogP contribution in [-0.4, -0.2) is 98.8 Å². The summed E-state index contributed by atoms with van der Waals surface area (Å²) in [5.41, 5.74) is 3.99. The van der Waals surface area contributed by atoms with Crippen molar-refractivity contribution in [3.8, 4) is 23.2 Å². The van der Waals surface area contributed by atoms with Gasteiger partial charge in [-0.25, -0.2) is 9.50 Å². The maximum atomic E-state index is 12.6. The van der Waals surface area contributed by atoms with Crippen LogP contribution in [0.15, 0.2) is 36.7 Å². The van der Waals surface area contributed by atoms with Gasteiger partial charge < -0.3 is 14.5 Å². The number of hydrogen-bond donors (Lipinski definition) is 1. The smallest absolute Gasteiger partial charge is 0.223 e. The first-order valence-electron chi connectivity index (χ1n) is 13.7. The minimum atomic E-state index is -0.181. The molecule has 3 aromatic heterocycles. The Morgan fingerprint density at radius 3 is 2.73 bits per heavy atom. The highest BCUT2D eigenvalue weighted by Crippen LogP contribution is 2.29. The van der Waals surface area contributed by atoms with Gasteiger partial charge in [0, 0.05) is 77.2 Å². The number of rotatable bonds is 7. The summed E-state index contributed by atoms with van der Waals surface area (Å²) < 4.78 is 7.54. The van der Waals surface area contributed by atoms with Crippen LogP contribution >= 0.6 is 0 Å². The quantitative estimate of drug-likeness (QED) is 0.280. The highest BCUT2D eigenvalue weighted by molar-refractivity contribution is 5.97. The lowest BCUT2D eigenvalue weighted by atomic mass is 10.1. The van der Waals surface area contributed by atoms with Gasteiger partial charge in [-0.2, -0.15) is 5.10 Å². The molecule has 4 aromatic rings. The molecule has 1 N–H and O–H groups in total. The van der Waals surface area contributed by atoms with Gasteiger partial charge in [-0.15, -0.1) is 5.10 Å². The van der Waals surface area contributed by atoms with Crippen LogP contribution in [0.25, 0.3) is 27.8 Å². The van der Waals surface area contributed by atoms with Crippen LogP contribution in [0.5, 0.6) is 0 Å². The zero-order chi connectivity index (χ0) is 27.5. The molecule has 0 radical (unpaired) electrons. The Morgan fingerprint density at radius 2 is 1.93 bits per heavy atom. The van der Waals surface area contributed by atoms with Gasteiger partial charge in [0.1, 0.15) is 5.52 Å². The monoisotopic (exact) mass is 542 g/mol. The number of anilines is 1. The number of nitrogens with one attached hydrogen (secondary N) is 1. The van der Waals surface area contributed by atoms with Crippen molar-refractivity contribution >= 4 is 33.9 Å². The first-order chi connectivity index (χ1) is 19.6. The van der Waals surface area contributed by atoms with Crippen LogP contribution in [0.1, 0.15) is 26.8 Å². The molecule has 40 heavy (non-hydrogen) atoms. The van der Waals surface area contributed by atoms with E-state index in [4.69, 9.17) is 14.8 Å². The largest absolute Gasteiger partial charge is 0.378 e. The van der Waals surface area contributed by atoms with E-state index in [0.29, 0.717) is 32.1 Å². The van der Waals surface area contributed by atoms with Crippen molar-refractivity contribution in [2.45, 2.75) is 26.3 Å². The molecule has 1 amide bonds. The molecular weight excluding hydrogens is 508 g/mol. The van der Waals surface area contributed by atoms with Crippen LogP contribution in [0.2, 0.25) is 0 Å². The first-order valence-corrected chi connectivity index (χ1v) is 13.7. The maximum Gasteiger partial charge on any atom is 0.223 e. The molecule has 0 atom stereocenters. The molecule has 0 bridgehead atoms. The minimum absolute atomic E-state index is 0. The summed E-state index contributed by atoms with van der Waals surface area (Å²) in [6, 6.07) is 8.18. The third kappa shape index (κ3) is 5.41. The second-order valence-corrected chi connectivity index (χ2v) is 10.1. The minimum Gasteiger partial charge on any atom is -0.378 e. The number of carbonyl (C=O) groups excluding carboxylic acids is 2. The molecule has 1 aromatic carbocycles. The second kappa shape index (κ2) is 11.5. The number of aromatic amines is 1. The summed E-state index contributed by atoms with van der Waals surface area (Å²) in [6.07, 6.45) is 4.30. The fourth-order valence-corrected chi connectivity index (χ4v) is 5.40. The number of piperazine rings is 1. The SMILES string of the molecule is CC#CC(=O)CCC(=O)N1CCN(Cc2cc3c(N4CCOCC4)nc(-c4cccc5[nH]ncc45)nn3c2)CC1.[HH]. The zero-order valence-electron chi connectivity index (χ0n) is 22.6. The maximum absolute atomic E-state index is 12.6. The van der Waals surface area contributed by atoms with Crippen LogP contribution in [0, 0.1) is 11.8 Å². The van der Waals surface area contributed by atoms with Crippen LogP contribution in [0.4, 0.5) is 5.82 Å². The summed E-state index contributed by atoms with van der Waals surface area (Å²) >= 11 is 0. The molecule has 2 saturated heterocycles. The van der Waals surface area contributed by atoms with Gasteiger partial charge in [0.25, 0.3) is 0 Å². The standard InChI is InChI=1S/C29H32N8O3.H2/c1-2-4-22(38)7-8-27(39)35-11-9-34(10-12-35)19-21-17-26-29(36-13-15-40-16-14-36)31-28(33-37(26)20-21)23-5-3-6-25-24(23)18-30-32-25;/h3,5-6,17-18,20H,7-16,19H2,1H3,(H,30,32);1H. The average Bonchev–Trinajstić information content (AvgIpc) is 3.63. The van der Waals surface area contributed by atoms with Gasteiger partial charge in [0.05, 0.1) is 24.9 Å². The van der Waals surface area contributed by atoms with E-state index < -0.39 is 0 Å². The number of ketones is 1. The number of Topliss-reactive ketones (excluding diaryl/α,β-unsaturated/α-hetero) is 1. The number of carbonyl (C=O) groups is 2.